The summed E-state index contributed by atoms with van der Waals surface area (Å²) in [6, 6.07) is 0. The third-order valence-electron chi connectivity index (χ3n) is 2.56. The quantitative estimate of drug-likeness (QED) is 0.288. The van der Waals surface area contributed by atoms with Crippen LogP contribution in [0.3, 0.4) is 0 Å². The van der Waals surface area contributed by atoms with Crippen LogP contribution in [0.2, 0.25) is 0 Å². The average Bonchev–Trinajstić information content (AvgIpc) is 2.40. The lowest BCUT2D eigenvalue weighted by Crippen LogP contribution is -2.07. The topological polar surface area (TPSA) is 26.3 Å². The third-order valence-corrected chi connectivity index (χ3v) is 2.56. The van der Waals surface area contributed by atoms with E-state index >= 15 is 0 Å². The van der Waals surface area contributed by atoms with Crippen LogP contribution in [-0.2, 0) is 9.53 Å². The summed E-state index contributed by atoms with van der Waals surface area (Å²) in [5, 5.41) is 0. The molecule has 0 rings (SSSR count). The second kappa shape index (κ2) is 12.8. The first-order valence-electron chi connectivity index (χ1n) is 6.80. The van der Waals surface area contributed by atoms with Crippen molar-refractivity contribution in [2.45, 2.75) is 52.9 Å². The molecule has 0 spiro atoms. The van der Waals surface area contributed by atoms with Crippen LogP contribution in [0.15, 0.2) is 12.2 Å². The molecule has 1 unspecified atom stereocenters. The molecule has 0 N–H and O–H groups in total. The minimum atomic E-state index is -0.161. The molecule has 2 nitrogen and oxygen atoms in total. The van der Waals surface area contributed by atoms with E-state index in [1.165, 1.54) is 0 Å². The summed E-state index contributed by atoms with van der Waals surface area (Å²) < 4.78 is 5.15. The maximum absolute atomic E-state index is 11.4. The molecule has 0 aromatic heterocycles. The van der Waals surface area contributed by atoms with Gasteiger partial charge < -0.3 is 4.74 Å². The van der Waals surface area contributed by atoms with E-state index < -0.39 is 0 Å². The van der Waals surface area contributed by atoms with Gasteiger partial charge in [-0.15, -0.1) is 23.7 Å². The van der Waals surface area contributed by atoms with Crippen LogP contribution < -0.4 is 0 Å². The third kappa shape index (κ3) is 12.6. The molecule has 0 fully saturated rings. The molecule has 0 aromatic carbocycles. The van der Waals surface area contributed by atoms with Gasteiger partial charge in [-0.05, 0) is 32.6 Å². The van der Waals surface area contributed by atoms with Crippen molar-refractivity contribution in [3.63, 3.8) is 0 Å². The summed E-state index contributed by atoms with van der Waals surface area (Å²) in [6.45, 7) is 6.27. The number of hydrogen-bond acceptors (Lipinski definition) is 2. The smallest absolute Gasteiger partial charge is 0.309 e. The molecule has 0 saturated carbocycles. The molecule has 104 valence electrons. The van der Waals surface area contributed by atoms with Gasteiger partial charge in [0, 0.05) is 12.8 Å². The van der Waals surface area contributed by atoms with Crippen LogP contribution in [0.1, 0.15) is 52.9 Å². The molecule has 19 heavy (non-hydrogen) atoms. The van der Waals surface area contributed by atoms with Gasteiger partial charge in [0.2, 0.25) is 0 Å². The highest BCUT2D eigenvalue weighted by atomic mass is 16.5. The monoisotopic (exact) mass is 260 g/mol. The van der Waals surface area contributed by atoms with E-state index in [4.69, 9.17) is 4.74 Å². The summed E-state index contributed by atoms with van der Waals surface area (Å²) in [7, 11) is 0. The summed E-state index contributed by atoms with van der Waals surface area (Å²) in [4.78, 5) is 11.4. The number of allylic oxidation sites excluding steroid dienone is 1. The first kappa shape index (κ1) is 17.3. The zero-order valence-electron chi connectivity index (χ0n) is 12.3. The predicted molar refractivity (Wildman–Crippen MR) is 79.2 cm³/mol. The Balaban J connectivity index is 3.57. The summed E-state index contributed by atoms with van der Waals surface area (Å²) >= 11 is 0. The molecule has 0 aliphatic carbocycles. The summed E-state index contributed by atoms with van der Waals surface area (Å²) in [5.74, 6) is 12.0. The number of esters is 1. The Morgan fingerprint density at radius 1 is 1.21 bits per heavy atom. The van der Waals surface area contributed by atoms with Crippen molar-refractivity contribution in [1.29, 1.82) is 0 Å². The Morgan fingerprint density at radius 3 is 2.63 bits per heavy atom. The number of rotatable bonds is 8. The van der Waals surface area contributed by atoms with Crippen LogP contribution >= 0.6 is 0 Å². The van der Waals surface area contributed by atoms with Crippen molar-refractivity contribution in [3.8, 4) is 23.7 Å². The van der Waals surface area contributed by atoms with Gasteiger partial charge in [0.25, 0.3) is 0 Å². The van der Waals surface area contributed by atoms with Crippen LogP contribution in [0.4, 0.5) is 0 Å². The van der Waals surface area contributed by atoms with Gasteiger partial charge in [0.1, 0.15) is 0 Å². The van der Waals surface area contributed by atoms with Crippen molar-refractivity contribution in [3.05, 3.63) is 12.2 Å². The fourth-order valence-electron chi connectivity index (χ4n) is 1.39. The van der Waals surface area contributed by atoms with Gasteiger partial charge in [-0.1, -0.05) is 19.1 Å². The number of ether oxygens (including phenoxy) is 1. The molecular weight excluding hydrogens is 236 g/mol. The maximum atomic E-state index is 11.4. The molecule has 0 aliphatic rings. The number of hydrogen-bond donors (Lipinski definition) is 0. The first-order chi connectivity index (χ1) is 9.20. The number of carbonyl (C=O) groups is 1. The summed E-state index contributed by atoms with van der Waals surface area (Å²) in [6.07, 6.45) is 7.65. The van der Waals surface area contributed by atoms with Crippen LogP contribution in [0.25, 0.3) is 0 Å². The van der Waals surface area contributed by atoms with Crippen LogP contribution in [-0.4, -0.2) is 12.6 Å². The molecule has 0 saturated heterocycles. The molecule has 1 atom stereocenters. The van der Waals surface area contributed by atoms with Crippen LogP contribution in [0, 0.1) is 29.6 Å². The molecule has 0 amide bonds. The molecule has 2 heteroatoms. The lowest BCUT2D eigenvalue weighted by Gasteiger charge is -2.07. The van der Waals surface area contributed by atoms with Crippen molar-refractivity contribution >= 4 is 5.97 Å². The zero-order chi connectivity index (χ0) is 14.3. The zero-order valence-corrected chi connectivity index (χ0v) is 12.3. The maximum Gasteiger partial charge on any atom is 0.309 e. The second-order valence-electron chi connectivity index (χ2n) is 4.39. The van der Waals surface area contributed by atoms with Gasteiger partial charge in [0.15, 0.2) is 0 Å². The predicted octanol–water partition coefficient (Wildman–Crippen LogP) is 3.72. The van der Waals surface area contributed by atoms with Crippen LogP contribution in [0.5, 0.6) is 0 Å². The number of unbranched alkanes of at least 4 members (excludes halogenated alkanes) is 1. The van der Waals surface area contributed by atoms with Crippen molar-refractivity contribution < 1.29 is 9.53 Å². The molecule has 0 aromatic rings. The van der Waals surface area contributed by atoms with E-state index in [0.717, 1.165) is 25.7 Å². The van der Waals surface area contributed by atoms with E-state index in [9.17, 15) is 4.79 Å². The standard InChI is InChI=1S/C17H24O2/c1-4-6-8-9-10-11-13-17(18)19-15-14-16(3)12-7-5-2/h10-11,16H,8-9,12-15H2,1-3H3/b11-10+. The largest absolute Gasteiger partial charge is 0.465 e. The van der Waals surface area contributed by atoms with Gasteiger partial charge in [-0.25, -0.2) is 0 Å². The molecule has 0 bridgehead atoms. The Kier molecular flexibility index (Phi) is 11.7. The van der Waals surface area contributed by atoms with Gasteiger partial charge in [-0.3, -0.25) is 4.79 Å². The Labute approximate surface area is 117 Å². The minimum Gasteiger partial charge on any atom is -0.465 e. The Morgan fingerprint density at radius 2 is 1.95 bits per heavy atom. The Bertz CT molecular complexity index is 385. The fraction of sp³-hybridized carbons (Fsp3) is 0.588. The number of carbonyl (C=O) groups excluding carboxylic acids is 1. The second-order valence-corrected chi connectivity index (χ2v) is 4.39. The first-order valence-corrected chi connectivity index (χ1v) is 6.80. The molecule has 0 heterocycles. The Hall–Kier alpha value is -1.67. The van der Waals surface area contributed by atoms with Gasteiger partial charge >= 0.3 is 5.97 Å². The van der Waals surface area contributed by atoms with Crippen molar-refractivity contribution in [2.75, 3.05) is 6.61 Å². The van der Waals surface area contributed by atoms with E-state index in [1.54, 1.807) is 0 Å². The van der Waals surface area contributed by atoms with Crippen molar-refractivity contribution in [2.24, 2.45) is 5.92 Å². The highest BCUT2D eigenvalue weighted by Crippen LogP contribution is 2.06. The molecular formula is C17H24O2. The van der Waals surface area contributed by atoms with E-state index in [1.807, 2.05) is 26.0 Å². The van der Waals surface area contributed by atoms with Gasteiger partial charge in [-0.2, -0.15) is 0 Å². The minimum absolute atomic E-state index is 0.161. The molecule has 0 aliphatic heterocycles. The van der Waals surface area contributed by atoms with Crippen molar-refractivity contribution in [1.82, 2.24) is 0 Å². The van der Waals surface area contributed by atoms with E-state index in [0.29, 0.717) is 18.9 Å². The van der Waals surface area contributed by atoms with Gasteiger partial charge in [0.05, 0.1) is 13.0 Å². The summed E-state index contributed by atoms with van der Waals surface area (Å²) in [5.41, 5.74) is 0. The SMILES string of the molecule is CC#CCC/C=C/CC(=O)OCCC(C)CC#CC. The highest BCUT2D eigenvalue weighted by Gasteiger charge is 2.03. The van der Waals surface area contributed by atoms with E-state index in [2.05, 4.69) is 30.6 Å². The fourth-order valence-corrected chi connectivity index (χ4v) is 1.39. The highest BCUT2D eigenvalue weighted by molar-refractivity contribution is 5.71. The average molecular weight is 260 g/mol. The lowest BCUT2D eigenvalue weighted by atomic mass is 10.1. The van der Waals surface area contributed by atoms with E-state index in [-0.39, 0.29) is 5.97 Å². The lowest BCUT2D eigenvalue weighted by molar-refractivity contribution is -0.142. The normalized spacial score (nSPS) is 11.1. The molecule has 0 radical (unpaired) electrons.